The Balaban J connectivity index is 1.31. The van der Waals surface area contributed by atoms with Crippen molar-refractivity contribution in [1.29, 1.82) is 0 Å². The van der Waals surface area contributed by atoms with Gasteiger partial charge >= 0.3 is 0 Å². The number of fused-ring (bicyclic) bond motifs is 1. The van der Waals surface area contributed by atoms with Gasteiger partial charge in [-0.25, -0.2) is 0 Å². The van der Waals surface area contributed by atoms with E-state index in [0.717, 1.165) is 18.4 Å². The van der Waals surface area contributed by atoms with Gasteiger partial charge in [0.2, 0.25) is 5.91 Å². The molecule has 1 saturated heterocycles. The molecule has 34 heavy (non-hydrogen) atoms. The molecule has 2 aromatic carbocycles. The lowest BCUT2D eigenvalue weighted by Gasteiger charge is -2.32. The van der Waals surface area contributed by atoms with Crippen LogP contribution in [0.1, 0.15) is 43.7 Å². The number of amidine groups is 1. The molecule has 0 unspecified atom stereocenters. The van der Waals surface area contributed by atoms with E-state index in [1.807, 2.05) is 29.2 Å². The van der Waals surface area contributed by atoms with E-state index in [9.17, 15) is 13.2 Å². The highest BCUT2D eigenvalue weighted by atomic mass is 32.2. The van der Waals surface area contributed by atoms with Crippen LogP contribution in [0.25, 0.3) is 0 Å². The lowest BCUT2D eigenvalue weighted by atomic mass is 9.95. The summed E-state index contributed by atoms with van der Waals surface area (Å²) in [6.07, 6.45) is 3.32. The van der Waals surface area contributed by atoms with Crippen molar-refractivity contribution in [2.75, 3.05) is 26.8 Å². The Bertz CT molecular complexity index is 1170. The number of rotatable bonds is 8. The van der Waals surface area contributed by atoms with Gasteiger partial charge in [0.15, 0.2) is 17.3 Å². The van der Waals surface area contributed by atoms with Crippen molar-refractivity contribution < 1.29 is 22.7 Å². The van der Waals surface area contributed by atoms with Gasteiger partial charge in [-0.2, -0.15) is 8.42 Å². The van der Waals surface area contributed by atoms with Crippen LogP contribution >= 0.6 is 0 Å². The number of methoxy groups -OCH3 is 1. The molecule has 1 fully saturated rings. The van der Waals surface area contributed by atoms with Gasteiger partial charge in [0.05, 0.1) is 13.7 Å². The van der Waals surface area contributed by atoms with E-state index in [2.05, 4.69) is 16.6 Å². The van der Waals surface area contributed by atoms with Gasteiger partial charge in [-0.3, -0.25) is 4.79 Å². The number of hydrogen-bond donors (Lipinski definition) is 1. The molecule has 0 aromatic heterocycles. The number of nitrogens with one attached hydrogen (secondary N) is 1. The van der Waals surface area contributed by atoms with Crippen LogP contribution in [0.3, 0.4) is 0 Å². The summed E-state index contributed by atoms with van der Waals surface area (Å²) in [5.74, 6) is 1.73. The summed E-state index contributed by atoms with van der Waals surface area (Å²) in [7, 11) is -2.03. The normalized spacial score (nSPS) is 17.1. The fraction of sp³-hybridized carbons (Fsp3) is 0.440. The van der Waals surface area contributed by atoms with Gasteiger partial charge in [0.25, 0.3) is 10.0 Å². The second-order valence-corrected chi connectivity index (χ2v) is 10.1. The Morgan fingerprint density at radius 1 is 1.15 bits per heavy atom. The third-order valence-electron chi connectivity index (χ3n) is 6.23. The number of carbonyl (C=O) groups excluding carboxylic acids is 1. The predicted octanol–water partition coefficient (Wildman–Crippen LogP) is 3.35. The largest absolute Gasteiger partial charge is 0.493 e. The molecule has 1 amide bonds. The van der Waals surface area contributed by atoms with Gasteiger partial charge in [-0.1, -0.05) is 31.5 Å². The summed E-state index contributed by atoms with van der Waals surface area (Å²) < 4.78 is 39.9. The van der Waals surface area contributed by atoms with E-state index < -0.39 is 10.0 Å². The number of likely N-dealkylation sites (tertiary alicyclic amines) is 1. The molecule has 0 spiro atoms. The maximum Gasteiger partial charge on any atom is 0.285 e. The zero-order valence-electron chi connectivity index (χ0n) is 19.6. The molecule has 0 bridgehead atoms. The minimum Gasteiger partial charge on any atom is -0.493 e. The smallest absolute Gasteiger partial charge is 0.285 e. The number of hydrogen-bond acceptors (Lipinski definition) is 6. The number of nitrogens with zero attached hydrogens (tertiary/aromatic N) is 2. The predicted molar refractivity (Wildman–Crippen MR) is 130 cm³/mol. The molecule has 0 aliphatic carbocycles. The van der Waals surface area contributed by atoms with Gasteiger partial charge in [-0.05, 0) is 49.1 Å². The molecule has 2 aliphatic heterocycles. The number of sulfonamides is 1. The fourth-order valence-electron chi connectivity index (χ4n) is 4.27. The van der Waals surface area contributed by atoms with Crippen molar-refractivity contribution in [2.45, 2.75) is 44.0 Å². The monoisotopic (exact) mass is 485 g/mol. The van der Waals surface area contributed by atoms with Crippen LogP contribution in [0.4, 0.5) is 0 Å². The van der Waals surface area contributed by atoms with Crippen molar-refractivity contribution in [3.05, 3.63) is 53.6 Å². The van der Waals surface area contributed by atoms with Gasteiger partial charge in [-0.15, -0.1) is 4.40 Å². The highest BCUT2D eigenvalue weighted by Gasteiger charge is 2.34. The Hall–Kier alpha value is -3.07. The first-order valence-corrected chi connectivity index (χ1v) is 13.1. The lowest BCUT2D eigenvalue weighted by molar-refractivity contribution is -0.126. The Morgan fingerprint density at radius 3 is 2.65 bits per heavy atom. The summed E-state index contributed by atoms with van der Waals surface area (Å²) in [6, 6.07) is 12.6. The lowest BCUT2D eigenvalue weighted by Crippen LogP contribution is -2.42. The van der Waals surface area contributed by atoms with Crippen LogP contribution < -0.4 is 14.8 Å². The van der Waals surface area contributed by atoms with Crippen molar-refractivity contribution in [3.8, 4) is 11.5 Å². The third kappa shape index (κ3) is 5.19. The number of piperidine rings is 1. The number of unbranched alkanes of at least 4 members (excludes halogenated alkanes) is 1. The number of benzene rings is 2. The average molecular weight is 486 g/mol. The average Bonchev–Trinajstić information content (AvgIpc) is 3.14. The Morgan fingerprint density at radius 2 is 1.91 bits per heavy atom. The van der Waals surface area contributed by atoms with E-state index in [4.69, 9.17) is 9.47 Å². The second-order valence-electron chi connectivity index (χ2n) is 8.55. The molecular weight excluding hydrogens is 454 g/mol. The molecular formula is C25H31N3O5S. The molecule has 2 aromatic rings. The molecule has 0 radical (unpaired) electrons. The Kier molecular flexibility index (Phi) is 7.41. The fourth-order valence-corrected chi connectivity index (χ4v) is 5.50. The molecule has 0 atom stereocenters. The van der Waals surface area contributed by atoms with E-state index in [-0.39, 0.29) is 16.7 Å². The third-order valence-corrected chi connectivity index (χ3v) is 7.55. The minimum atomic E-state index is -3.64. The van der Waals surface area contributed by atoms with E-state index >= 15 is 0 Å². The molecule has 2 heterocycles. The van der Waals surface area contributed by atoms with Gasteiger partial charge in [0.1, 0.15) is 4.90 Å². The van der Waals surface area contributed by atoms with Crippen LogP contribution in [0.5, 0.6) is 11.5 Å². The van der Waals surface area contributed by atoms with Crippen molar-refractivity contribution in [1.82, 2.24) is 10.2 Å². The van der Waals surface area contributed by atoms with Crippen LogP contribution in [0.15, 0.2) is 51.8 Å². The van der Waals surface area contributed by atoms with Crippen LogP contribution in [-0.4, -0.2) is 51.9 Å². The molecule has 9 heteroatoms. The standard InChI is InChI=1S/C25H31N3O5S/c1-3-4-15-33-21-10-9-18(16-22(21)32-2)17-26-25(29)19-11-13-28(14-12-19)24-20-7-5-6-8-23(20)34(30,31)27-24/h5-10,16,19H,3-4,11-15,17H2,1-2H3,(H,26,29). The molecule has 1 N–H and O–H groups in total. The highest BCUT2D eigenvalue weighted by Crippen LogP contribution is 2.30. The first-order valence-electron chi connectivity index (χ1n) is 11.7. The maximum absolute atomic E-state index is 12.8. The number of carbonyl (C=O) groups is 1. The highest BCUT2D eigenvalue weighted by molar-refractivity contribution is 7.90. The molecule has 2 aliphatic rings. The Labute approximate surface area is 201 Å². The van der Waals surface area contributed by atoms with E-state index in [1.54, 1.807) is 25.3 Å². The number of ether oxygens (including phenoxy) is 2. The van der Waals surface area contributed by atoms with Crippen molar-refractivity contribution in [2.24, 2.45) is 10.3 Å². The second kappa shape index (κ2) is 10.5. The van der Waals surface area contributed by atoms with E-state index in [0.29, 0.717) is 62.0 Å². The van der Waals surface area contributed by atoms with Crippen molar-refractivity contribution in [3.63, 3.8) is 0 Å². The minimum absolute atomic E-state index is 0.00303. The van der Waals surface area contributed by atoms with Crippen LogP contribution in [0.2, 0.25) is 0 Å². The maximum atomic E-state index is 12.8. The summed E-state index contributed by atoms with van der Waals surface area (Å²) in [5.41, 5.74) is 1.58. The summed E-state index contributed by atoms with van der Waals surface area (Å²) in [6.45, 7) is 4.33. The molecule has 4 rings (SSSR count). The SMILES string of the molecule is CCCCOc1ccc(CNC(=O)C2CCN(C3=NS(=O)(=O)c4ccccc43)CC2)cc1OC. The van der Waals surface area contributed by atoms with Gasteiger partial charge in [0, 0.05) is 31.1 Å². The molecule has 182 valence electrons. The summed E-state index contributed by atoms with van der Waals surface area (Å²) >= 11 is 0. The first kappa shape index (κ1) is 24.1. The molecule has 0 saturated carbocycles. The number of amides is 1. The van der Waals surface area contributed by atoms with E-state index in [1.165, 1.54) is 0 Å². The first-order chi connectivity index (χ1) is 16.4. The zero-order valence-corrected chi connectivity index (χ0v) is 20.4. The zero-order chi connectivity index (χ0) is 24.1. The summed E-state index contributed by atoms with van der Waals surface area (Å²) in [5, 5.41) is 3.02. The topological polar surface area (TPSA) is 97.3 Å². The van der Waals surface area contributed by atoms with Crippen molar-refractivity contribution >= 4 is 21.8 Å². The summed E-state index contributed by atoms with van der Waals surface area (Å²) in [4.78, 5) is 15.0. The van der Waals surface area contributed by atoms with Crippen LogP contribution in [0, 0.1) is 5.92 Å². The van der Waals surface area contributed by atoms with Crippen LogP contribution in [-0.2, 0) is 21.4 Å². The molecule has 8 nitrogen and oxygen atoms in total. The van der Waals surface area contributed by atoms with Gasteiger partial charge < -0.3 is 19.7 Å². The quantitative estimate of drug-likeness (QED) is 0.576.